The first-order valence-electron chi connectivity index (χ1n) is 6.33. The van der Waals surface area contributed by atoms with E-state index in [1.807, 2.05) is 71.7 Å². The van der Waals surface area contributed by atoms with Gasteiger partial charge in [-0.15, -0.1) is 0 Å². The molecule has 0 amide bonds. The van der Waals surface area contributed by atoms with Gasteiger partial charge in [0.15, 0.2) is 12.4 Å². The molecule has 0 saturated heterocycles. The Morgan fingerprint density at radius 3 is 2.89 bits per heavy atom. The van der Waals surface area contributed by atoms with E-state index in [0.29, 0.717) is 6.54 Å². The molecule has 2 aliphatic heterocycles. The fourth-order valence-electron chi connectivity index (χ4n) is 2.19. The molecule has 19 heavy (non-hydrogen) atoms. The van der Waals surface area contributed by atoms with Gasteiger partial charge in [-0.1, -0.05) is 18.2 Å². The summed E-state index contributed by atoms with van der Waals surface area (Å²) < 4.78 is 1.89. The minimum absolute atomic E-state index is 0.145. The molecule has 1 aromatic rings. The molecular formula is C16H15N2O+. The van der Waals surface area contributed by atoms with Crippen molar-refractivity contribution >= 4 is 5.78 Å². The highest BCUT2D eigenvalue weighted by molar-refractivity contribution is 5.97. The predicted molar refractivity (Wildman–Crippen MR) is 72.8 cm³/mol. The van der Waals surface area contributed by atoms with E-state index in [4.69, 9.17) is 0 Å². The minimum atomic E-state index is 0.145. The monoisotopic (exact) mass is 251 g/mol. The van der Waals surface area contributed by atoms with Crippen LogP contribution in [0.5, 0.6) is 0 Å². The Kier molecular flexibility index (Phi) is 3.11. The Labute approximate surface area is 112 Å². The van der Waals surface area contributed by atoms with E-state index in [1.165, 1.54) is 0 Å². The molecule has 0 bridgehead atoms. The zero-order chi connectivity index (χ0) is 13.1. The van der Waals surface area contributed by atoms with Gasteiger partial charge in [0.2, 0.25) is 12.3 Å². The van der Waals surface area contributed by atoms with Crippen LogP contribution in [0.3, 0.4) is 0 Å². The summed E-state index contributed by atoms with van der Waals surface area (Å²) in [7, 11) is 0. The van der Waals surface area contributed by atoms with E-state index in [-0.39, 0.29) is 5.78 Å². The average molecular weight is 251 g/mol. The van der Waals surface area contributed by atoms with Crippen LogP contribution in [0.4, 0.5) is 0 Å². The van der Waals surface area contributed by atoms with Gasteiger partial charge in [0, 0.05) is 36.1 Å². The fourth-order valence-corrected chi connectivity index (χ4v) is 2.19. The van der Waals surface area contributed by atoms with Gasteiger partial charge in [-0.3, -0.25) is 4.79 Å². The molecule has 3 heteroatoms. The Hall–Kier alpha value is -2.42. The Morgan fingerprint density at radius 2 is 2.05 bits per heavy atom. The highest BCUT2D eigenvalue weighted by Gasteiger charge is 2.18. The standard InChI is InChI=1S/C16H15N2O/c19-16(13-17-8-3-1-4-9-17)14-7-11-18-10-5-2-6-15(18)12-14/h1-10,12H,11,13H2/q+1. The van der Waals surface area contributed by atoms with Gasteiger partial charge >= 0.3 is 0 Å². The summed E-state index contributed by atoms with van der Waals surface area (Å²) in [4.78, 5) is 14.4. The molecule has 0 unspecified atom stereocenters. The van der Waals surface area contributed by atoms with E-state index < -0.39 is 0 Å². The molecule has 0 aliphatic carbocycles. The zero-order valence-electron chi connectivity index (χ0n) is 10.6. The second-order valence-electron chi connectivity index (χ2n) is 4.55. The van der Waals surface area contributed by atoms with Crippen LogP contribution in [0.2, 0.25) is 0 Å². The number of pyridine rings is 1. The third-order valence-electron chi connectivity index (χ3n) is 3.21. The molecule has 0 N–H and O–H groups in total. The first-order valence-corrected chi connectivity index (χ1v) is 6.33. The summed E-state index contributed by atoms with van der Waals surface area (Å²) in [6, 6.07) is 5.80. The van der Waals surface area contributed by atoms with Crippen molar-refractivity contribution < 1.29 is 9.36 Å². The van der Waals surface area contributed by atoms with Crippen LogP contribution >= 0.6 is 0 Å². The van der Waals surface area contributed by atoms with E-state index >= 15 is 0 Å². The van der Waals surface area contributed by atoms with Gasteiger partial charge in [0.25, 0.3) is 0 Å². The second kappa shape index (κ2) is 5.06. The lowest BCUT2D eigenvalue weighted by Gasteiger charge is -2.25. The van der Waals surface area contributed by atoms with Crippen molar-refractivity contribution in [3.63, 3.8) is 0 Å². The Morgan fingerprint density at radius 1 is 1.21 bits per heavy atom. The van der Waals surface area contributed by atoms with Crippen LogP contribution in [0, 0.1) is 0 Å². The molecule has 0 saturated carbocycles. The summed E-state index contributed by atoms with van der Waals surface area (Å²) >= 11 is 0. The van der Waals surface area contributed by atoms with Gasteiger partial charge in [0.05, 0.1) is 0 Å². The van der Waals surface area contributed by atoms with Crippen molar-refractivity contribution in [2.45, 2.75) is 6.54 Å². The largest absolute Gasteiger partial charge is 0.344 e. The van der Waals surface area contributed by atoms with Crippen LogP contribution in [-0.2, 0) is 11.3 Å². The van der Waals surface area contributed by atoms with Gasteiger partial charge in [-0.2, -0.15) is 4.57 Å². The van der Waals surface area contributed by atoms with Crippen molar-refractivity contribution in [3.05, 3.63) is 78.4 Å². The maximum atomic E-state index is 12.2. The summed E-state index contributed by atoms with van der Waals surface area (Å²) in [6.45, 7) is 1.14. The van der Waals surface area contributed by atoms with Crippen LogP contribution in [0.15, 0.2) is 78.4 Å². The molecule has 0 fully saturated rings. The average Bonchev–Trinajstić information content (AvgIpc) is 2.48. The molecule has 2 aliphatic rings. The third kappa shape index (κ3) is 2.55. The number of hydrogen-bond acceptors (Lipinski definition) is 2. The summed E-state index contributed by atoms with van der Waals surface area (Å²) in [5, 5.41) is 0. The van der Waals surface area contributed by atoms with E-state index in [1.54, 1.807) is 0 Å². The SMILES string of the molecule is O=C(C[n+]1ccccc1)C1=CCN2C=CC=CC2=C1. The smallest absolute Gasteiger partial charge is 0.227 e. The highest BCUT2D eigenvalue weighted by Crippen LogP contribution is 2.19. The maximum absolute atomic E-state index is 12.2. The topological polar surface area (TPSA) is 24.2 Å². The van der Waals surface area contributed by atoms with E-state index in [2.05, 4.69) is 4.90 Å². The number of allylic oxidation sites excluding steroid dienone is 5. The molecule has 0 aromatic carbocycles. The first kappa shape index (κ1) is 11.7. The molecule has 3 heterocycles. The van der Waals surface area contributed by atoms with Crippen molar-refractivity contribution in [2.75, 3.05) is 6.54 Å². The molecule has 0 radical (unpaired) electrons. The summed E-state index contributed by atoms with van der Waals surface area (Å²) in [5.41, 5.74) is 1.87. The zero-order valence-corrected chi connectivity index (χ0v) is 10.6. The minimum Gasteiger partial charge on any atom is -0.344 e. The number of rotatable bonds is 3. The van der Waals surface area contributed by atoms with Crippen molar-refractivity contribution in [1.82, 2.24) is 4.90 Å². The normalized spacial score (nSPS) is 16.7. The quantitative estimate of drug-likeness (QED) is 0.764. The molecular weight excluding hydrogens is 236 g/mol. The molecule has 3 nitrogen and oxygen atoms in total. The van der Waals surface area contributed by atoms with Gasteiger partial charge in [-0.05, 0) is 18.2 Å². The summed E-state index contributed by atoms with van der Waals surface area (Å²) in [5.74, 6) is 0.145. The molecule has 3 rings (SSSR count). The van der Waals surface area contributed by atoms with Crippen molar-refractivity contribution in [2.24, 2.45) is 0 Å². The van der Waals surface area contributed by atoms with Gasteiger partial charge in [0.1, 0.15) is 0 Å². The van der Waals surface area contributed by atoms with Crippen LogP contribution in [0.25, 0.3) is 0 Å². The summed E-state index contributed by atoms with van der Waals surface area (Å²) in [6.07, 6.45) is 15.8. The molecule has 94 valence electrons. The maximum Gasteiger partial charge on any atom is 0.227 e. The highest BCUT2D eigenvalue weighted by atomic mass is 16.1. The molecule has 1 aromatic heterocycles. The Balaban J connectivity index is 1.75. The number of aromatic nitrogens is 1. The predicted octanol–water partition coefficient (Wildman–Crippen LogP) is 1.75. The van der Waals surface area contributed by atoms with E-state index in [0.717, 1.165) is 17.8 Å². The van der Waals surface area contributed by atoms with Crippen LogP contribution in [-0.4, -0.2) is 17.2 Å². The fraction of sp³-hybridized carbons (Fsp3) is 0.125. The first-order chi connectivity index (χ1) is 9.33. The number of carbonyl (C=O) groups excluding carboxylic acids is 1. The van der Waals surface area contributed by atoms with Crippen molar-refractivity contribution in [3.8, 4) is 0 Å². The van der Waals surface area contributed by atoms with Crippen molar-refractivity contribution in [1.29, 1.82) is 0 Å². The number of fused-ring (bicyclic) bond motifs is 1. The molecule has 0 spiro atoms. The van der Waals surface area contributed by atoms with Gasteiger partial charge in [-0.25, -0.2) is 0 Å². The lowest BCUT2D eigenvalue weighted by atomic mass is 10.0. The lowest BCUT2D eigenvalue weighted by molar-refractivity contribution is -0.684. The molecule has 0 atom stereocenters. The Bertz CT molecular complexity index is 609. The van der Waals surface area contributed by atoms with Crippen LogP contribution < -0.4 is 4.57 Å². The number of Topliss-reactive ketones (excluding diaryl/α,β-unsaturated/α-hetero) is 1. The van der Waals surface area contributed by atoms with Gasteiger partial charge < -0.3 is 4.90 Å². The number of hydrogen-bond donors (Lipinski definition) is 0. The van der Waals surface area contributed by atoms with E-state index in [9.17, 15) is 4.79 Å². The number of carbonyl (C=O) groups is 1. The third-order valence-corrected chi connectivity index (χ3v) is 3.21. The number of ketones is 1. The lowest BCUT2D eigenvalue weighted by Crippen LogP contribution is -2.37. The second-order valence-corrected chi connectivity index (χ2v) is 4.55. The van der Waals surface area contributed by atoms with Crippen LogP contribution in [0.1, 0.15) is 0 Å². The number of nitrogens with zero attached hydrogens (tertiary/aromatic N) is 2.